The maximum atomic E-state index is 12.5. The van der Waals surface area contributed by atoms with Gasteiger partial charge in [0.15, 0.2) is 0 Å². The van der Waals surface area contributed by atoms with E-state index in [-0.39, 0.29) is 5.91 Å². The van der Waals surface area contributed by atoms with Gasteiger partial charge in [0.05, 0.1) is 33.1 Å². The molecule has 6 heteroatoms. The van der Waals surface area contributed by atoms with Gasteiger partial charge in [0.2, 0.25) is 5.91 Å². The summed E-state index contributed by atoms with van der Waals surface area (Å²) in [5, 5.41) is 2.99. The molecule has 0 radical (unpaired) electrons. The van der Waals surface area contributed by atoms with E-state index in [1.165, 1.54) is 0 Å². The highest BCUT2D eigenvalue weighted by Crippen LogP contribution is 2.30. The van der Waals surface area contributed by atoms with Crippen molar-refractivity contribution >= 4 is 17.3 Å². The van der Waals surface area contributed by atoms with Crippen LogP contribution in [0.4, 0.5) is 11.4 Å². The topological polar surface area (TPSA) is 60.0 Å². The lowest BCUT2D eigenvalue weighted by Crippen LogP contribution is -2.36. The van der Waals surface area contributed by atoms with Crippen molar-refractivity contribution in [3.8, 4) is 11.5 Å². The SMILES string of the molecule is COc1cccc(CCC(=O)Nc2cc(N3CCOCC3)ccc2OC)c1. The van der Waals surface area contributed by atoms with E-state index in [9.17, 15) is 4.79 Å². The smallest absolute Gasteiger partial charge is 0.224 e. The number of hydrogen-bond donors (Lipinski definition) is 1. The number of aryl methyl sites for hydroxylation is 1. The Morgan fingerprint density at radius 1 is 1.11 bits per heavy atom. The molecule has 27 heavy (non-hydrogen) atoms. The minimum absolute atomic E-state index is 0.0461. The van der Waals surface area contributed by atoms with Gasteiger partial charge in [0, 0.05) is 25.2 Å². The van der Waals surface area contributed by atoms with Crippen molar-refractivity contribution in [3.05, 3.63) is 48.0 Å². The molecule has 6 nitrogen and oxygen atoms in total. The molecule has 0 saturated carbocycles. The highest BCUT2D eigenvalue weighted by molar-refractivity contribution is 5.93. The van der Waals surface area contributed by atoms with E-state index in [0.29, 0.717) is 37.5 Å². The van der Waals surface area contributed by atoms with Crippen molar-refractivity contribution in [3.63, 3.8) is 0 Å². The van der Waals surface area contributed by atoms with Gasteiger partial charge in [-0.05, 0) is 42.3 Å². The van der Waals surface area contributed by atoms with E-state index in [1.807, 2.05) is 42.5 Å². The van der Waals surface area contributed by atoms with Crippen LogP contribution < -0.4 is 19.7 Å². The first-order chi connectivity index (χ1) is 13.2. The van der Waals surface area contributed by atoms with Crippen LogP contribution in [0.15, 0.2) is 42.5 Å². The number of ether oxygens (including phenoxy) is 3. The van der Waals surface area contributed by atoms with E-state index in [4.69, 9.17) is 14.2 Å². The number of carbonyl (C=O) groups excluding carboxylic acids is 1. The van der Waals surface area contributed by atoms with Crippen molar-refractivity contribution in [2.24, 2.45) is 0 Å². The lowest BCUT2D eigenvalue weighted by atomic mass is 10.1. The Balaban J connectivity index is 1.64. The summed E-state index contributed by atoms with van der Waals surface area (Å²) in [4.78, 5) is 14.7. The van der Waals surface area contributed by atoms with Gasteiger partial charge < -0.3 is 24.4 Å². The molecule has 3 rings (SSSR count). The second-order valence-corrected chi connectivity index (χ2v) is 6.38. The minimum atomic E-state index is -0.0461. The molecule has 1 amide bonds. The first-order valence-corrected chi connectivity index (χ1v) is 9.13. The largest absolute Gasteiger partial charge is 0.497 e. The molecule has 0 atom stereocenters. The molecule has 0 bridgehead atoms. The van der Waals surface area contributed by atoms with E-state index < -0.39 is 0 Å². The number of methoxy groups -OCH3 is 2. The molecule has 1 heterocycles. The van der Waals surface area contributed by atoms with Crippen LogP contribution in [0.2, 0.25) is 0 Å². The third kappa shape index (κ3) is 5.14. The Hall–Kier alpha value is -2.73. The first kappa shape index (κ1) is 19.0. The number of nitrogens with one attached hydrogen (secondary N) is 1. The Labute approximate surface area is 160 Å². The zero-order valence-electron chi connectivity index (χ0n) is 15.9. The van der Waals surface area contributed by atoms with Gasteiger partial charge in [-0.15, -0.1) is 0 Å². The molecule has 1 N–H and O–H groups in total. The molecule has 1 aliphatic heterocycles. The highest BCUT2D eigenvalue weighted by atomic mass is 16.5. The van der Waals surface area contributed by atoms with Crippen LogP contribution in [-0.4, -0.2) is 46.4 Å². The second-order valence-electron chi connectivity index (χ2n) is 6.38. The summed E-state index contributed by atoms with van der Waals surface area (Å²) < 4.78 is 16.0. The zero-order chi connectivity index (χ0) is 19.1. The average Bonchev–Trinajstić information content (AvgIpc) is 2.73. The molecule has 1 fully saturated rings. The van der Waals surface area contributed by atoms with Gasteiger partial charge >= 0.3 is 0 Å². The molecule has 1 aliphatic rings. The van der Waals surface area contributed by atoms with Crippen molar-refractivity contribution in [2.45, 2.75) is 12.8 Å². The van der Waals surface area contributed by atoms with Gasteiger partial charge in [-0.1, -0.05) is 12.1 Å². The fourth-order valence-electron chi connectivity index (χ4n) is 3.11. The van der Waals surface area contributed by atoms with Crippen molar-refractivity contribution < 1.29 is 19.0 Å². The first-order valence-electron chi connectivity index (χ1n) is 9.13. The molecule has 0 aromatic heterocycles. The fraction of sp³-hybridized carbons (Fsp3) is 0.381. The van der Waals surface area contributed by atoms with Crippen LogP contribution in [0.25, 0.3) is 0 Å². The van der Waals surface area contributed by atoms with E-state index in [1.54, 1.807) is 14.2 Å². The van der Waals surface area contributed by atoms with E-state index in [0.717, 1.165) is 30.1 Å². The van der Waals surface area contributed by atoms with Crippen LogP contribution in [0.1, 0.15) is 12.0 Å². The van der Waals surface area contributed by atoms with Gasteiger partial charge in [-0.3, -0.25) is 4.79 Å². The monoisotopic (exact) mass is 370 g/mol. The van der Waals surface area contributed by atoms with Gasteiger partial charge in [-0.25, -0.2) is 0 Å². The molecule has 1 saturated heterocycles. The maximum Gasteiger partial charge on any atom is 0.224 e. The minimum Gasteiger partial charge on any atom is -0.497 e. The molecule has 2 aromatic carbocycles. The quantitative estimate of drug-likeness (QED) is 0.812. The number of morpholine rings is 1. The number of benzene rings is 2. The number of rotatable bonds is 7. The van der Waals surface area contributed by atoms with Gasteiger partial charge in [0.25, 0.3) is 0 Å². The van der Waals surface area contributed by atoms with E-state index >= 15 is 0 Å². The highest BCUT2D eigenvalue weighted by Gasteiger charge is 2.15. The van der Waals surface area contributed by atoms with Crippen molar-refractivity contribution in [2.75, 3.05) is 50.7 Å². The molecular weight excluding hydrogens is 344 g/mol. The third-order valence-electron chi connectivity index (χ3n) is 4.61. The lowest BCUT2D eigenvalue weighted by molar-refractivity contribution is -0.116. The summed E-state index contributed by atoms with van der Waals surface area (Å²) in [5.74, 6) is 1.41. The predicted octanol–water partition coefficient (Wildman–Crippen LogP) is 3.11. The number of carbonyl (C=O) groups is 1. The van der Waals surface area contributed by atoms with Crippen LogP contribution in [0.5, 0.6) is 11.5 Å². The molecule has 0 unspecified atom stereocenters. The van der Waals surface area contributed by atoms with Crippen LogP contribution in [0.3, 0.4) is 0 Å². The average molecular weight is 370 g/mol. The summed E-state index contributed by atoms with van der Waals surface area (Å²) in [7, 11) is 3.25. The summed E-state index contributed by atoms with van der Waals surface area (Å²) >= 11 is 0. The number of nitrogens with zero attached hydrogens (tertiary/aromatic N) is 1. The standard InChI is InChI=1S/C21H26N2O4/c1-25-18-5-3-4-16(14-18)6-9-21(24)22-19-15-17(7-8-20(19)26-2)23-10-12-27-13-11-23/h3-5,7-8,14-15H,6,9-13H2,1-2H3,(H,22,24). The van der Waals surface area contributed by atoms with Crippen molar-refractivity contribution in [1.82, 2.24) is 0 Å². The fourth-order valence-corrected chi connectivity index (χ4v) is 3.11. The summed E-state index contributed by atoms with van der Waals surface area (Å²) in [6.07, 6.45) is 1.03. The molecule has 0 aliphatic carbocycles. The molecule has 2 aromatic rings. The third-order valence-corrected chi connectivity index (χ3v) is 4.61. The zero-order valence-corrected chi connectivity index (χ0v) is 15.9. The number of hydrogen-bond acceptors (Lipinski definition) is 5. The Morgan fingerprint density at radius 3 is 2.67 bits per heavy atom. The molecular formula is C21H26N2O4. The normalized spacial score (nSPS) is 13.9. The van der Waals surface area contributed by atoms with Gasteiger partial charge in [-0.2, -0.15) is 0 Å². The second kappa shape index (κ2) is 9.28. The van der Waals surface area contributed by atoms with Crippen LogP contribution in [0, 0.1) is 0 Å². The summed E-state index contributed by atoms with van der Waals surface area (Å²) in [5.41, 5.74) is 2.82. The van der Waals surface area contributed by atoms with E-state index in [2.05, 4.69) is 10.2 Å². The van der Waals surface area contributed by atoms with Crippen LogP contribution in [-0.2, 0) is 16.0 Å². The summed E-state index contributed by atoms with van der Waals surface area (Å²) in [6, 6.07) is 13.6. The Morgan fingerprint density at radius 2 is 1.93 bits per heavy atom. The lowest BCUT2D eigenvalue weighted by Gasteiger charge is -2.29. The maximum absolute atomic E-state index is 12.5. The Bertz CT molecular complexity index is 773. The van der Waals surface area contributed by atoms with Crippen LogP contribution >= 0.6 is 0 Å². The Kier molecular flexibility index (Phi) is 6.54. The molecule has 0 spiro atoms. The van der Waals surface area contributed by atoms with Crippen molar-refractivity contribution in [1.29, 1.82) is 0 Å². The van der Waals surface area contributed by atoms with Gasteiger partial charge in [0.1, 0.15) is 11.5 Å². The molecule has 144 valence electrons. The predicted molar refractivity (Wildman–Crippen MR) is 106 cm³/mol. The summed E-state index contributed by atoms with van der Waals surface area (Å²) in [6.45, 7) is 3.12. The number of anilines is 2. The number of amides is 1.